The largest absolute Gasteiger partial charge is 0.328 e. The fraction of sp³-hybridized carbons (Fsp3) is 0.692. The second-order valence-corrected chi connectivity index (χ2v) is 4.97. The van der Waals surface area contributed by atoms with Crippen LogP contribution in [0, 0.1) is 0 Å². The molecular formula is C13H21N3. The van der Waals surface area contributed by atoms with Gasteiger partial charge in [0, 0.05) is 24.4 Å². The first kappa shape index (κ1) is 11.5. The Labute approximate surface area is 97.5 Å². The standard InChI is InChI=1S/C13H21N3/c1-10(14)7-11-8-15-13(16-9-11)12-5-3-2-4-6-12/h8-10,12H,2-7,14H2,1H3. The summed E-state index contributed by atoms with van der Waals surface area (Å²) in [5.41, 5.74) is 6.90. The molecule has 88 valence electrons. The Bertz CT molecular complexity index is 312. The van der Waals surface area contributed by atoms with Crippen molar-refractivity contribution in [3.8, 4) is 0 Å². The summed E-state index contributed by atoms with van der Waals surface area (Å²) in [5, 5.41) is 0. The summed E-state index contributed by atoms with van der Waals surface area (Å²) in [4.78, 5) is 8.98. The molecule has 1 aliphatic carbocycles. The maximum absolute atomic E-state index is 5.75. The first-order chi connectivity index (χ1) is 7.75. The summed E-state index contributed by atoms with van der Waals surface area (Å²) < 4.78 is 0. The molecule has 0 saturated heterocycles. The predicted molar refractivity (Wildman–Crippen MR) is 65.2 cm³/mol. The van der Waals surface area contributed by atoms with Gasteiger partial charge in [0.15, 0.2) is 0 Å². The van der Waals surface area contributed by atoms with Crippen LogP contribution in [0.25, 0.3) is 0 Å². The molecule has 1 aromatic heterocycles. The molecule has 0 bridgehead atoms. The van der Waals surface area contributed by atoms with Crippen molar-refractivity contribution < 1.29 is 0 Å². The van der Waals surface area contributed by atoms with Gasteiger partial charge >= 0.3 is 0 Å². The van der Waals surface area contributed by atoms with E-state index in [4.69, 9.17) is 5.73 Å². The minimum Gasteiger partial charge on any atom is -0.328 e. The highest BCUT2D eigenvalue weighted by molar-refractivity contribution is 5.09. The van der Waals surface area contributed by atoms with Crippen molar-refractivity contribution in [3.05, 3.63) is 23.8 Å². The van der Waals surface area contributed by atoms with E-state index in [1.54, 1.807) is 0 Å². The summed E-state index contributed by atoms with van der Waals surface area (Å²) in [6.07, 6.45) is 11.3. The minimum atomic E-state index is 0.184. The van der Waals surface area contributed by atoms with Gasteiger partial charge in [-0.25, -0.2) is 9.97 Å². The summed E-state index contributed by atoms with van der Waals surface area (Å²) in [5.74, 6) is 1.63. The Kier molecular flexibility index (Phi) is 3.88. The van der Waals surface area contributed by atoms with Crippen LogP contribution in [-0.4, -0.2) is 16.0 Å². The number of rotatable bonds is 3. The Morgan fingerprint density at radius 3 is 2.44 bits per heavy atom. The Hall–Kier alpha value is -0.960. The van der Waals surface area contributed by atoms with Gasteiger partial charge < -0.3 is 5.73 Å². The minimum absolute atomic E-state index is 0.184. The molecule has 0 radical (unpaired) electrons. The molecular weight excluding hydrogens is 198 g/mol. The number of hydrogen-bond acceptors (Lipinski definition) is 3. The monoisotopic (exact) mass is 219 g/mol. The number of nitrogens with zero attached hydrogens (tertiary/aromatic N) is 2. The van der Waals surface area contributed by atoms with Gasteiger partial charge in [-0.1, -0.05) is 19.3 Å². The third-order valence-electron chi connectivity index (χ3n) is 3.25. The molecule has 1 fully saturated rings. The predicted octanol–water partition coefficient (Wildman–Crippen LogP) is 2.41. The van der Waals surface area contributed by atoms with Crippen LogP contribution in [0.15, 0.2) is 12.4 Å². The van der Waals surface area contributed by atoms with Crippen LogP contribution >= 0.6 is 0 Å². The molecule has 1 atom stereocenters. The van der Waals surface area contributed by atoms with Crippen LogP contribution < -0.4 is 5.73 Å². The molecule has 2 rings (SSSR count). The molecule has 1 heterocycles. The zero-order chi connectivity index (χ0) is 11.4. The van der Waals surface area contributed by atoms with Crippen molar-refractivity contribution in [3.63, 3.8) is 0 Å². The van der Waals surface area contributed by atoms with Gasteiger partial charge in [0.1, 0.15) is 5.82 Å². The lowest BCUT2D eigenvalue weighted by molar-refractivity contribution is 0.428. The second-order valence-electron chi connectivity index (χ2n) is 4.97. The van der Waals surface area contributed by atoms with Gasteiger partial charge in [0.25, 0.3) is 0 Å². The van der Waals surface area contributed by atoms with Crippen molar-refractivity contribution >= 4 is 0 Å². The van der Waals surface area contributed by atoms with Gasteiger partial charge in [-0.2, -0.15) is 0 Å². The van der Waals surface area contributed by atoms with Gasteiger partial charge in [0.05, 0.1) is 0 Å². The van der Waals surface area contributed by atoms with E-state index in [1.165, 1.54) is 32.1 Å². The lowest BCUT2D eigenvalue weighted by Gasteiger charge is -2.20. The number of aromatic nitrogens is 2. The van der Waals surface area contributed by atoms with E-state index in [9.17, 15) is 0 Å². The molecule has 1 aromatic rings. The van der Waals surface area contributed by atoms with E-state index in [0.29, 0.717) is 5.92 Å². The van der Waals surface area contributed by atoms with Crippen molar-refractivity contribution in [2.45, 2.75) is 57.4 Å². The molecule has 3 nitrogen and oxygen atoms in total. The highest BCUT2D eigenvalue weighted by Gasteiger charge is 2.17. The van der Waals surface area contributed by atoms with Crippen molar-refractivity contribution in [1.82, 2.24) is 9.97 Å². The highest BCUT2D eigenvalue weighted by Crippen LogP contribution is 2.30. The topological polar surface area (TPSA) is 51.8 Å². The SMILES string of the molecule is CC(N)Cc1cnc(C2CCCCC2)nc1. The van der Waals surface area contributed by atoms with E-state index in [1.807, 2.05) is 19.3 Å². The Morgan fingerprint density at radius 1 is 1.25 bits per heavy atom. The van der Waals surface area contributed by atoms with Crippen LogP contribution in [0.4, 0.5) is 0 Å². The van der Waals surface area contributed by atoms with Crippen LogP contribution in [0.1, 0.15) is 56.3 Å². The summed E-state index contributed by atoms with van der Waals surface area (Å²) in [6.45, 7) is 2.01. The maximum atomic E-state index is 5.75. The van der Waals surface area contributed by atoms with E-state index < -0.39 is 0 Å². The van der Waals surface area contributed by atoms with Crippen LogP contribution in [0.5, 0.6) is 0 Å². The average Bonchev–Trinajstić information content (AvgIpc) is 2.30. The molecule has 1 aliphatic rings. The summed E-state index contributed by atoms with van der Waals surface area (Å²) in [6, 6.07) is 0.184. The number of nitrogens with two attached hydrogens (primary N) is 1. The molecule has 0 amide bonds. The van der Waals surface area contributed by atoms with Crippen molar-refractivity contribution in [2.24, 2.45) is 5.73 Å². The molecule has 2 N–H and O–H groups in total. The molecule has 3 heteroatoms. The lowest BCUT2D eigenvalue weighted by atomic mass is 9.88. The quantitative estimate of drug-likeness (QED) is 0.849. The van der Waals surface area contributed by atoms with E-state index >= 15 is 0 Å². The zero-order valence-corrected chi connectivity index (χ0v) is 10.0. The lowest BCUT2D eigenvalue weighted by Crippen LogP contribution is -2.18. The van der Waals surface area contributed by atoms with Crippen LogP contribution in [0.2, 0.25) is 0 Å². The molecule has 1 unspecified atom stereocenters. The highest BCUT2D eigenvalue weighted by atomic mass is 14.9. The first-order valence-electron chi connectivity index (χ1n) is 6.32. The Balaban J connectivity index is 2.00. The summed E-state index contributed by atoms with van der Waals surface area (Å²) >= 11 is 0. The van der Waals surface area contributed by atoms with E-state index in [0.717, 1.165) is 17.8 Å². The van der Waals surface area contributed by atoms with Crippen LogP contribution in [0.3, 0.4) is 0 Å². The fourth-order valence-electron chi connectivity index (χ4n) is 2.41. The smallest absolute Gasteiger partial charge is 0.131 e. The third-order valence-corrected chi connectivity index (χ3v) is 3.25. The van der Waals surface area contributed by atoms with E-state index in [2.05, 4.69) is 9.97 Å². The van der Waals surface area contributed by atoms with Gasteiger partial charge in [-0.05, 0) is 31.7 Å². The third kappa shape index (κ3) is 3.01. The van der Waals surface area contributed by atoms with Crippen molar-refractivity contribution in [2.75, 3.05) is 0 Å². The average molecular weight is 219 g/mol. The molecule has 0 spiro atoms. The normalized spacial score (nSPS) is 19.6. The fourth-order valence-corrected chi connectivity index (χ4v) is 2.41. The molecule has 0 aliphatic heterocycles. The van der Waals surface area contributed by atoms with Crippen LogP contribution in [-0.2, 0) is 6.42 Å². The molecule has 0 aromatic carbocycles. The van der Waals surface area contributed by atoms with Gasteiger partial charge in [0.2, 0.25) is 0 Å². The van der Waals surface area contributed by atoms with Crippen molar-refractivity contribution in [1.29, 1.82) is 0 Å². The van der Waals surface area contributed by atoms with Gasteiger partial charge in [-0.15, -0.1) is 0 Å². The maximum Gasteiger partial charge on any atom is 0.131 e. The number of hydrogen-bond donors (Lipinski definition) is 1. The second kappa shape index (κ2) is 5.39. The first-order valence-corrected chi connectivity index (χ1v) is 6.32. The molecule has 16 heavy (non-hydrogen) atoms. The van der Waals surface area contributed by atoms with Gasteiger partial charge in [-0.3, -0.25) is 0 Å². The van der Waals surface area contributed by atoms with E-state index in [-0.39, 0.29) is 6.04 Å². The summed E-state index contributed by atoms with van der Waals surface area (Å²) in [7, 11) is 0. The zero-order valence-electron chi connectivity index (χ0n) is 10.0. The molecule has 1 saturated carbocycles. The Morgan fingerprint density at radius 2 is 1.88 bits per heavy atom.